The molecule has 538 valence electrons. The summed E-state index contributed by atoms with van der Waals surface area (Å²) in [4.78, 5) is 24.2. The third-order valence-corrected chi connectivity index (χ3v) is 20.1. The van der Waals surface area contributed by atoms with E-state index < -0.39 is 7.12 Å². The highest BCUT2D eigenvalue weighted by molar-refractivity contribution is 9.11. The van der Waals surface area contributed by atoms with Gasteiger partial charge in [-0.15, -0.1) is 0 Å². The van der Waals surface area contributed by atoms with Crippen molar-refractivity contribution in [3.8, 4) is 96.1 Å². The molecule has 0 amide bonds. The molecule has 19 aromatic rings. The standard InChI is InChI=1S/C46H28N2O2.C21H13Br2N3.C12H9BO3.C7H6BrClN2.C7H8O/c1-2-8-33(9-3-1)46-47-40(31-18-14-29(15-19-31)34-22-24-44-38(26-34)36-10-4-6-12-42(36)49-44)28-41(48-46)32-20-16-30(17-21-32)35-23-25-45-39(27-35)37-11-5-7-13-43(37)50-45;22-17-10-6-15(7-11-17)20-24-19(14-4-2-1-3-5-14)25-21(26-20)16-8-12-18(23)13-9-16;14-13(15)8-5-6-12-10(7-8)9-3-1-2-4-11(9)16-12;8-6-3-1-5(2-4-6)7(10)11-9;1-8-7-5-3-2-4-6-7/h1-28H;1-13H;1-7,14-15H;1-4H,(H2,10,11);2-6H,1H3. The molecule has 0 unspecified atom stereocenters. The average Bonchev–Trinajstić information content (AvgIpc) is 1.74. The van der Waals surface area contributed by atoms with Gasteiger partial charge in [0, 0.05) is 96.5 Å². The van der Waals surface area contributed by atoms with Gasteiger partial charge >= 0.3 is 7.12 Å². The largest absolute Gasteiger partial charge is 0.497 e. The Bertz CT molecular complexity index is 6220. The monoisotopic (exact) mass is 1660 g/mol. The molecule has 18 heteroatoms. The number of benzene rings is 14. The van der Waals surface area contributed by atoms with Crippen molar-refractivity contribution in [3.63, 3.8) is 0 Å². The molecule has 0 aliphatic heterocycles. The maximum absolute atomic E-state index is 9.12. The van der Waals surface area contributed by atoms with Gasteiger partial charge in [0.2, 0.25) is 0 Å². The molecule has 0 bridgehead atoms. The molecule has 14 aromatic carbocycles. The highest BCUT2D eigenvalue weighted by Crippen LogP contribution is 2.38. The van der Waals surface area contributed by atoms with E-state index in [0.717, 1.165) is 158 Å². The number of methoxy groups -OCH3 is 1. The van der Waals surface area contributed by atoms with Crippen molar-refractivity contribution < 1.29 is 28.0 Å². The lowest BCUT2D eigenvalue weighted by Crippen LogP contribution is -2.29. The zero-order valence-corrected chi connectivity index (χ0v) is 64.8. The number of aromatic nitrogens is 5. The van der Waals surface area contributed by atoms with Crippen molar-refractivity contribution in [2.75, 3.05) is 7.11 Å². The van der Waals surface area contributed by atoms with E-state index in [1.807, 2.05) is 200 Å². The second-order valence-corrected chi connectivity index (χ2v) is 28.4. The summed E-state index contributed by atoms with van der Waals surface area (Å²) in [6.45, 7) is 0. The third kappa shape index (κ3) is 17.5. The van der Waals surface area contributed by atoms with Crippen LogP contribution in [-0.2, 0) is 0 Å². The number of nitrogens with two attached hydrogens (primary N) is 1. The first-order chi connectivity index (χ1) is 54.3. The Morgan fingerprint density at radius 1 is 0.324 bits per heavy atom. The Kier molecular flexibility index (Phi) is 23.0. The van der Waals surface area contributed by atoms with Crippen LogP contribution in [0.15, 0.2) is 377 Å². The lowest BCUT2D eigenvalue weighted by molar-refractivity contribution is 0.415. The quantitative estimate of drug-likeness (QED) is 0.0632. The number of furan rings is 3. The molecule has 0 atom stereocenters. The van der Waals surface area contributed by atoms with Gasteiger partial charge in [-0.3, -0.25) is 0 Å². The number of ether oxygens (including phenoxy) is 1. The van der Waals surface area contributed by atoms with E-state index in [4.69, 9.17) is 70.5 Å². The number of nitrogens with zero attached hydrogens (tertiary/aromatic N) is 6. The van der Waals surface area contributed by atoms with Crippen molar-refractivity contribution in [3.05, 3.63) is 365 Å². The van der Waals surface area contributed by atoms with Gasteiger partial charge in [-0.25, -0.2) is 24.9 Å². The molecule has 5 heterocycles. The first-order valence-electron chi connectivity index (χ1n) is 35.2. The van der Waals surface area contributed by atoms with Crippen LogP contribution in [0.4, 0.5) is 0 Å². The number of fused-ring (bicyclic) bond motifs is 9. The van der Waals surface area contributed by atoms with Crippen LogP contribution in [0, 0.1) is 0 Å². The molecular weight excluding hydrogens is 1600 g/mol. The molecule has 0 aliphatic rings. The molecule has 0 aliphatic carbocycles. The number of hydrogen-bond acceptors (Lipinski definition) is 12. The van der Waals surface area contributed by atoms with E-state index in [9.17, 15) is 0 Å². The Labute approximate surface area is 669 Å². The normalized spacial score (nSPS) is 11.1. The van der Waals surface area contributed by atoms with Crippen LogP contribution in [0.5, 0.6) is 5.75 Å². The summed E-state index contributed by atoms with van der Waals surface area (Å²) in [5.74, 6) is 3.91. The average molecular weight is 1660 g/mol. The van der Waals surface area contributed by atoms with E-state index in [-0.39, 0.29) is 0 Å². The highest BCUT2D eigenvalue weighted by atomic mass is 79.9. The molecule has 0 saturated heterocycles. The zero-order chi connectivity index (χ0) is 76.2. The van der Waals surface area contributed by atoms with Gasteiger partial charge in [0.05, 0.1) is 18.5 Å². The fourth-order valence-corrected chi connectivity index (χ4v) is 13.5. The number of halogens is 4. The second kappa shape index (κ2) is 34.4. The summed E-state index contributed by atoms with van der Waals surface area (Å²) in [5, 5.41) is 24.6. The lowest BCUT2D eigenvalue weighted by Gasteiger charge is -2.11. The fraction of sp³-hybridized carbons (Fsp3) is 0.0108. The van der Waals surface area contributed by atoms with E-state index in [1.54, 1.807) is 25.3 Å². The molecule has 0 spiro atoms. The minimum atomic E-state index is -1.45. The Morgan fingerprint density at radius 3 is 1.01 bits per heavy atom. The van der Waals surface area contributed by atoms with E-state index in [0.29, 0.717) is 34.6 Å². The molecular formula is C93H64BBr3ClN7O6. The summed E-state index contributed by atoms with van der Waals surface area (Å²) in [5.41, 5.74) is 24.1. The Morgan fingerprint density at radius 2 is 0.631 bits per heavy atom. The van der Waals surface area contributed by atoms with Gasteiger partial charge in [-0.1, -0.05) is 290 Å². The van der Waals surface area contributed by atoms with Crippen LogP contribution in [0.3, 0.4) is 0 Å². The molecule has 0 fully saturated rings. The third-order valence-electron chi connectivity index (χ3n) is 18.3. The van der Waals surface area contributed by atoms with Gasteiger partial charge in [0.25, 0.3) is 0 Å². The molecule has 4 N–H and O–H groups in total. The SMILES string of the molecule is Brc1ccc(-c2nc(-c3ccccc3)nc(-c3ccc(Br)cc3)n2)cc1.COc1ccccc1.NC(=NCl)c1ccc(Br)cc1.OB(O)c1ccc2oc3ccccc3c2c1.c1ccc(-c2nc(-c3ccc(-c4ccc5oc6ccccc6c5c4)cc3)cc(-c3ccc(-c4ccc5oc6ccccc6c5c4)cc3)n2)cc1. The minimum absolute atomic E-state index is 0.333. The maximum Gasteiger partial charge on any atom is 0.488 e. The Hall–Kier alpha value is -12.4. The zero-order valence-electron chi connectivity index (χ0n) is 59.3. The summed E-state index contributed by atoms with van der Waals surface area (Å²) in [6.07, 6.45) is 0. The van der Waals surface area contributed by atoms with Crippen LogP contribution in [0.1, 0.15) is 5.56 Å². The number of amidine groups is 1. The topological polar surface area (TPSA) is 192 Å². The summed E-state index contributed by atoms with van der Waals surface area (Å²) >= 11 is 15.4. The van der Waals surface area contributed by atoms with E-state index in [2.05, 4.69) is 180 Å². The molecule has 111 heavy (non-hydrogen) atoms. The Balaban J connectivity index is 0.000000132. The molecule has 13 nitrogen and oxygen atoms in total. The fourth-order valence-electron chi connectivity index (χ4n) is 12.6. The smallest absolute Gasteiger partial charge is 0.488 e. The van der Waals surface area contributed by atoms with Crippen molar-refractivity contribution in [1.29, 1.82) is 0 Å². The lowest BCUT2D eigenvalue weighted by atomic mass is 9.80. The van der Waals surface area contributed by atoms with Gasteiger partial charge in [0.15, 0.2) is 23.3 Å². The predicted molar refractivity (Wildman–Crippen MR) is 463 cm³/mol. The van der Waals surface area contributed by atoms with Crippen LogP contribution >= 0.6 is 59.6 Å². The number of hydrogen-bond donors (Lipinski definition) is 3. The van der Waals surface area contributed by atoms with Crippen molar-refractivity contribution in [2.45, 2.75) is 0 Å². The molecule has 0 radical (unpaired) electrons. The summed E-state index contributed by atoms with van der Waals surface area (Å²) in [7, 11) is 0.216. The van der Waals surface area contributed by atoms with Crippen molar-refractivity contribution >= 4 is 144 Å². The van der Waals surface area contributed by atoms with Gasteiger partial charge in [-0.05, 0) is 131 Å². The van der Waals surface area contributed by atoms with Crippen LogP contribution < -0.4 is 15.9 Å². The van der Waals surface area contributed by atoms with Crippen LogP contribution in [0.2, 0.25) is 0 Å². The maximum atomic E-state index is 9.12. The van der Waals surface area contributed by atoms with Gasteiger partial charge in [-0.2, -0.15) is 4.51 Å². The van der Waals surface area contributed by atoms with E-state index >= 15 is 0 Å². The van der Waals surface area contributed by atoms with E-state index in [1.165, 1.54) is 0 Å². The number of para-hydroxylation sites is 4. The first-order valence-corrected chi connectivity index (χ1v) is 38.0. The van der Waals surface area contributed by atoms with Crippen molar-refractivity contribution in [2.24, 2.45) is 10.2 Å². The van der Waals surface area contributed by atoms with Gasteiger partial charge < -0.3 is 33.8 Å². The van der Waals surface area contributed by atoms with Crippen LogP contribution in [0.25, 0.3) is 156 Å². The minimum Gasteiger partial charge on any atom is -0.497 e. The second-order valence-electron chi connectivity index (χ2n) is 25.5. The molecule has 5 aromatic heterocycles. The van der Waals surface area contributed by atoms with Gasteiger partial charge in [0.1, 0.15) is 45.1 Å². The predicted octanol–water partition coefficient (Wildman–Crippen LogP) is 24.3. The number of rotatable bonds is 11. The highest BCUT2D eigenvalue weighted by Gasteiger charge is 2.18. The molecule has 0 saturated carbocycles. The summed E-state index contributed by atoms with van der Waals surface area (Å²) < 4.78 is 29.0. The first kappa shape index (κ1) is 74.0. The summed E-state index contributed by atoms with van der Waals surface area (Å²) in [6, 6.07) is 115. The molecule has 19 rings (SSSR count). The van der Waals surface area contributed by atoms with Crippen LogP contribution in [-0.4, -0.2) is 55.0 Å². The van der Waals surface area contributed by atoms with Crippen molar-refractivity contribution in [1.82, 2.24) is 24.9 Å².